The molecule has 0 fully saturated rings. The van der Waals surface area contributed by atoms with Crippen LogP contribution in [0.2, 0.25) is 0 Å². The van der Waals surface area contributed by atoms with Crippen LogP contribution in [0.1, 0.15) is 6.92 Å². The Hall–Kier alpha value is -1.11. The van der Waals surface area contributed by atoms with Crippen LogP contribution >= 0.6 is 7.75 Å². The number of nitrogens with zero attached hydrogens (tertiary/aromatic N) is 2. The Morgan fingerprint density at radius 1 is 1.60 bits per heavy atom. The molecule has 0 bridgehead atoms. The molecule has 15 heavy (non-hydrogen) atoms. The van der Waals surface area contributed by atoms with E-state index in [1.54, 1.807) is 6.92 Å². The van der Waals surface area contributed by atoms with Crippen LogP contribution in [0.4, 0.5) is 0 Å². The van der Waals surface area contributed by atoms with Gasteiger partial charge in [-0.05, 0) is 6.92 Å². The van der Waals surface area contributed by atoms with Gasteiger partial charge in [0.25, 0.3) is 0 Å². The first-order chi connectivity index (χ1) is 6.76. The molecule has 0 amide bonds. The normalized spacial score (nSPS) is 12.4. The molecule has 0 unspecified atom stereocenters. The fourth-order valence-corrected chi connectivity index (χ4v) is 1.11. The molecular formula is C6H14N3O5P. The number of ether oxygens (including phenoxy) is 1. The minimum absolute atomic E-state index is 0.219. The van der Waals surface area contributed by atoms with E-state index in [2.05, 4.69) is 9.50 Å². The SMILES string of the molecule is CCOC(=O)CN(C)C(N)=NP(=O)(O)O. The van der Waals surface area contributed by atoms with Gasteiger partial charge in [0, 0.05) is 7.05 Å². The fourth-order valence-electron chi connectivity index (χ4n) is 0.691. The molecule has 0 atom stereocenters. The predicted molar refractivity (Wildman–Crippen MR) is 52.9 cm³/mol. The van der Waals surface area contributed by atoms with Crippen LogP contribution in [-0.2, 0) is 14.1 Å². The molecule has 8 nitrogen and oxygen atoms in total. The lowest BCUT2D eigenvalue weighted by Gasteiger charge is -2.16. The number of nitrogens with two attached hydrogens (primary N) is 1. The lowest BCUT2D eigenvalue weighted by Crippen LogP contribution is -2.38. The summed E-state index contributed by atoms with van der Waals surface area (Å²) in [4.78, 5) is 29.0. The first kappa shape index (κ1) is 13.9. The maximum absolute atomic E-state index is 11.0. The van der Waals surface area contributed by atoms with E-state index in [1.807, 2.05) is 0 Å². The van der Waals surface area contributed by atoms with Crippen molar-refractivity contribution in [2.45, 2.75) is 6.92 Å². The van der Waals surface area contributed by atoms with Gasteiger partial charge in [0.2, 0.25) is 5.96 Å². The average molecular weight is 239 g/mol. The molecule has 4 N–H and O–H groups in total. The molecule has 88 valence electrons. The van der Waals surface area contributed by atoms with E-state index in [-0.39, 0.29) is 13.2 Å². The van der Waals surface area contributed by atoms with Crippen molar-refractivity contribution in [1.29, 1.82) is 0 Å². The fraction of sp³-hybridized carbons (Fsp3) is 0.667. The molecule has 0 heterocycles. The predicted octanol–water partition coefficient (Wildman–Crippen LogP) is -1.11. The molecule has 9 heteroatoms. The summed E-state index contributed by atoms with van der Waals surface area (Å²) in [6, 6.07) is 0. The topological polar surface area (TPSA) is 125 Å². The zero-order chi connectivity index (χ0) is 12.1. The van der Waals surface area contributed by atoms with Crippen LogP contribution in [0.25, 0.3) is 0 Å². The number of guanidine groups is 1. The Labute approximate surface area is 86.9 Å². The highest BCUT2D eigenvalue weighted by molar-refractivity contribution is 7.50. The van der Waals surface area contributed by atoms with E-state index in [4.69, 9.17) is 15.5 Å². The first-order valence-corrected chi connectivity index (χ1v) is 5.60. The minimum Gasteiger partial charge on any atom is -0.465 e. The molecule has 0 saturated carbocycles. The van der Waals surface area contributed by atoms with Gasteiger partial charge in [-0.25, -0.2) is 4.57 Å². The first-order valence-electron chi connectivity index (χ1n) is 4.04. The van der Waals surface area contributed by atoms with Crippen molar-refractivity contribution in [1.82, 2.24) is 4.90 Å². The number of hydrogen-bond donors (Lipinski definition) is 3. The highest BCUT2D eigenvalue weighted by Gasteiger charge is 2.15. The average Bonchev–Trinajstić information content (AvgIpc) is 2.00. The zero-order valence-electron chi connectivity index (χ0n) is 8.45. The Bertz CT molecular complexity index is 299. The number of carbonyl (C=O) groups is 1. The molecular weight excluding hydrogens is 225 g/mol. The van der Waals surface area contributed by atoms with E-state index in [9.17, 15) is 9.36 Å². The van der Waals surface area contributed by atoms with Crippen molar-refractivity contribution in [3.63, 3.8) is 0 Å². The van der Waals surface area contributed by atoms with E-state index >= 15 is 0 Å². The molecule has 0 aromatic rings. The van der Waals surface area contributed by atoms with Gasteiger partial charge in [0.15, 0.2) is 0 Å². The van der Waals surface area contributed by atoms with Crippen LogP contribution < -0.4 is 5.73 Å². The largest absolute Gasteiger partial charge is 0.465 e. The van der Waals surface area contributed by atoms with Crippen molar-refractivity contribution in [3.8, 4) is 0 Å². The van der Waals surface area contributed by atoms with Crippen molar-refractivity contribution < 1.29 is 23.9 Å². The molecule has 0 aliphatic heterocycles. The van der Waals surface area contributed by atoms with Crippen molar-refractivity contribution in [2.24, 2.45) is 10.5 Å². The minimum atomic E-state index is -4.57. The number of likely N-dealkylation sites (N-methyl/N-ethyl adjacent to an activating group) is 1. The van der Waals surface area contributed by atoms with E-state index in [0.717, 1.165) is 4.90 Å². The molecule has 0 aliphatic carbocycles. The smallest absolute Gasteiger partial charge is 0.451 e. The Kier molecular flexibility index (Phi) is 5.27. The molecule has 0 aliphatic rings. The summed E-state index contributed by atoms with van der Waals surface area (Å²) in [5, 5.41) is 0. The Balaban J connectivity index is 4.34. The number of carbonyl (C=O) groups excluding carboxylic acids is 1. The lowest BCUT2D eigenvalue weighted by atomic mass is 10.6. The van der Waals surface area contributed by atoms with E-state index < -0.39 is 19.7 Å². The van der Waals surface area contributed by atoms with Crippen LogP contribution in [-0.4, -0.2) is 46.8 Å². The zero-order valence-corrected chi connectivity index (χ0v) is 9.35. The molecule has 0 rings (SSSR count). The van der Waals surface area contributed by atoms with Gasteiger partial charge in [-0.1, -0.05) is 0 Å². The molecule has 0 aromatic carbocycles. The van der Waals surface area contributed by atoms with Crippen molar-refractivity contribution >= 4 is 19.7 Å². The third-order valence-electron chi connectivity index (χ3n) is 1.30. The van der Waals surface area contributed by atoms with Crippen LogP contribution in [0.5, 0.6) is 0 Å². The van der Waals surface area contributed by atoms with Gasteiger partial charge in [0.1, 0.15) is 6.54 Å². The summed E-state index contributed by atoms with van der Waals surface area (Å²) in [6.45, 7) is 1.65. The second-order valence-corrected chi connectivity index (χ2v) is 3.86. The van der Waals surface area contributed by atoms with Crippen LogP contribution in [0, 0.1) is 0 Å². The van der Waals surface area contributed by atoms with E-state index in [0.29, 0.717) is 0 Å². The molecule has 0 radical (unpaired) electrons. The van der Waals surface area contributed by atoms with Crippen molar-refractivity contribution in [2.75, 3.05) is 20.2 Å². The second kappa shape index (κ2) is 5.69. The third kappa shape index (κ3) is 6.89. The van der Waals surface area contributed by atoms with Crippen LogP contribution in [0.15, 0.2) is 4.76 Å². The quantitative estimate of drug-likeness (QED) is 0.246. The summed E-state index contributed by atoms with van der Waals surface area (Å²) in [5.74, 6) is -0.972. The summed E-state index contributed by atoms with van der Waals surface area (Å²) < 4.78 is 18.0. The number of esters is 1. The summed E-state index contributed by atoms with van der Waals surface area (Å²) in [5.41, 5.74) is 5.22. The maximum atomic E-state index is 11.0. The van der Waals surface area contributed by atoms with Gasteiger partial charge in [-0.15, -0.1) is 4.76 Å². The summed E-state index contributed by atoms with van der Waals surface area (Å²) >= 11 is 0. The van der Waals surface area contributed by atoms with Gasteiger partial charge >= 0.3 is 13.7 Å². The molecule has 0 saturated heterocycles. The molecule has 0 aromatic heterocycles. The highest BCUT2D eigenvalue weighted by Crippen LogP contribution is 2.35. The van der Waals surface area contributed by atoms with Crippen molar-refractivity contribution in [3.05, 3.63) is 0 Å². The Morgan fingerprint density at radius 2 is 2.13 bits per heavy atom. The highest BCUT2D eigenvalue weighted by atomic mass is 31.2. The van der Waals surface area contributed by atoms with Crippen LogP contribution in [0.3, 0.4) is 0 Å². The number of rotatable bonds is 4. The maximum Gasteiger partial charge on any atom is 0.451 e. The Morgan fingerprint density at radius 3 is 2.53 bits per heavy atom. The van der Waals surface area contributed by atoms with Gasteiger partial charge in [-0.3, -0.25) is 4.79 Å². The lowest BCUT2D eigenvalue weighted by molar-refractivity contribution is -0.143. The van der Waals surface area contributed by atoms with Gasteiger partial charge in [0.05, 0.1) is 6.61 Å². The second-order valence-electron chi connectivity index (χ2n) is 2.63. The van der Waals surface area contributed by atoms with Gasteiger partial charge < -0.3 is 25.2 Å². The number of hydrogen-bond acceptors (Lipinski definition) is 3. The summed E-state index contributed by atoms with van der Waals surface area (Å²) in [6.07, 6.45) is 0. The van der Waals surface area contributed by atoms with Gasteiger partial charge in [-0.2, -0.15) is 0 Å². The third-order valence-corrected chi connectivity index (χ3v) is 1.76. The molecule has 0 spiro atoms. The standard InChI is InChI=1S/C6H14N3O5P/c1-3-14-5(10)4-9(2)6(7)8-15(11,12)13/h3-4H2,1-2H3,(H4,7,8,11,12,13). The van der Waals surface area contributed by atoms with E-state index in [1.165, 1.54) is 7.05 Å². The summed E-state index contributed by atoms with van der Waals surface area (Å²) in [7, 11) is -3.20. The monoisotopic (exact) mass is 239 g/mol.